The van der Waals surface area contributed by atoms with Crippen LogP contribution in [0.25, 0.3) is 0 Å². The molecule has 132 valence electrons. The number of carbonyl (C=O) groups excluding carboxylic acids is 2. The molecule has 2 rings (SSSR count). The monoisotopic (exact) mass is 340 g/mol. The number of nitrogens with one attached hydrogen (secondary N) is 2. The molecule has 2 aromatic rings. The molecule has 0 spiro atoms. The van der Waals surface area contributed by atoms with E-state index in [9.17, 15) is 9.59 Å². The van der Waals surface area contributed by atoms with Crippen LogP contribution in [0.4, 0.5) is 0 Å². The van der Waals surface area contributed by atoms with Gasteiger partial charge in [0.1, 0.15) is 6.04 Å². The van der Waals surface area contributed by atoms with Crippen molar-refractivity contribution in [2.75, 3.05) is 26.7 Å². The molecule has 0 bridgehead atoms. The van der Waals surface area contributed by atoms with Crippen LogP contribution in [0.5, 0.6) is 0 Å². The lowest BCUT2D eigenvalue weighted by atomic mass is 10.0. The summed E-state index contributed by atoms with van der Waals surface area (Å²) in [5, 5.41) is 5.66. The summed E-state index contributed by atoms with van der Waals surface area (Å²) < 4.78 is 0. The van der Waals surface area contributed by atoms with Gasteiger partial charge >= 0.3 is 0 Å². The Hall–Kier alpha value is -2.73. The number of amides is 2. The second-order valence-corrected chi connectivity index (χ2v) is 5.68. The van der Waals surface area contributed by atoms with Gasteiger partial charge in [0.15, 0.2) is 0 Å². The van der Waals surface area contributed by atoms with Crippen LogP contribution < -0.4 is 10.6 Å². The highest BCUT2D eigenvalue weighted by molar-refractivity contribution is 5.93. The predicted octanol–water partition coefficient (Wildman–Crippen LogP) is 1.62. The second-order valence-electron chi connectivity index (χ2n) is 5.68. The molecule has 1 atom stereocenters. The molecule has 0 aliphatic carbocycles. The highest BCUT2D eigenvalue weighted by Crippen LogP contribution is 2.18. The van der Waals surface area contributed by atoms with Crippen LogP contribution in [0.15, 0.2) is 54.9 Å². The smallest absolute Gasteiger partial charge is 0.252 e. The SMILES string of the molecule is CCN(C)C(C(=O)NCCNC(=O)c1cccnc1)c1ccccc1. The highest BCUT2D eigenvalue weighted by Gasteiger charge is 2.23. The number of carbonyl (C=O) groups is 2. The van der Waals surface area contributed by atoms with Crippen molar-refractivity contribution in [3.8, 4) is 0 Å². The van der Waals surface area contributed by atoms with E-state index in [-0.39, 0.29) is 17.9 Å². The summed E-state index contributed by atoms with van der Waals surface area (Å²) in [5.74, 6) is -0.279. The predicted molar refractivity (Wildman–Crippen MR) is 97.1 cm³/mol. The van der Waals surface area contributed by atoms with E-state index >= 15 is 0 Å². The zero-order valence-electron chi connectivity index (χ0n) is 14.6. The van der Waals surface area contributed by atoms with E-state index in [2.05, 4.69) is 15.6 Å². The topological polar surface area (TPSA) is 74.3 Å². The first-order valence-electron chi connectivity index (χ1n) is 8.34. The standard InChI is InChI=1S/C19H24N4O2/c1-3-23(2)17(15-8-5-4-6-9-15)19(25)22-13-12-21-18(24)16-10-7-11-20-14-16/h4-11,14,17H,3,12-13H2,1-2H3,(H,21,24)(H,22,25). The van der Waals surface area contributed by atoms with Gasteiger partial charge in [0.25, 0.3) is 5.91 Å². The number of benzene rings is 1. The largest absolute Gasteiger partial charge is 0.353 e. The first kappa shape index (κ1) is 18.6. The highest BCUT2D eigenvalue weighted by atomic mass is 16.2. The molecule has 1 aromatic heterocycles. The van der Waals surface area contributed by atoms with Crippen LogP contribution in [-0.4, -0.2) is 48.4 Å². The Morgan fingerprint density at radius 3 is 2.44 bits per heavy atom. The molecule has 25 heavy (non-hydrogen) atoms. The van der Waals surface area contributed by atoms with Crippen LogP contribution >= 0.6 is 0 Å². The Morgan fingerprint density at radius 1 is 1.08 bits per heavy atom. The van der Waals surface area contributed by atoms with Gasteiger partial charge in [0, 0.05) is 25.5 Å². The van der Waals surface area contributed by atoms with Crippen molar-refractivity contribution in [2.45, 2.75) is 13.0 Å². The number of likely N-dealkylation sites (N-methyl/N-ethyl adjacent to an activating group) is 1. The molecule has 6 heteroatoms. The fraction of sp³-hybridized carbons (Fsp3) is 0.316. The summed E-state index contributed by atoms with van der Waals surface area (Å²) in [5.41, 5.74) is 1.45. The zero-order valence-corrected chi connectivity index (χ0v) is 14.6. The number of hydrogen-bond donors (Lipinski definition) is 2. The third-order valence-corrected chi connectivity index (χ3v) is 3.94. The molecule has 0 saturated heterocycles. The summed E-state index contributed by atoms with van der Waals surface area (Å²) in [4.78, 5) is 30.4. The lowest BCUT2D eigenvalue weighted by Gasteiger charge is -2.26. The Morgan fingerprint density at radius 2 is 1.80 bits per heavy atom. The fourth-order valence-corrected chi connectivity index (χ4v) is 2.48. The Labute approximate surface area is 148 Å². The van der Waals surface area contributed by atoms with E-state index in [1.165, 1.54) is 6.20 Å². The van der Waals surface area contributed by atoms with Gasteiger partial charge in [-0.2, -0.15) is 0 Å². The van der Waals surface area contributed by atoms with Gasteiger partial charge in [-0.15, -0.1) is 0 Å². The average molecular weight is 340 g/mol. The average Bonchev–Trinajstić information content (AvgIpc) is 2.66. The van der Waals surface area contributed by atoms with Crippen molar-refractivity contribution in [3.05, 3.63) is 66.0 Å². The molecule has 1 unspecified atom stereocenters. The minimum atomic E-state index is -0.347. The molecule has 2 N–H and O–H groups in total. The molecule has 0 aliphatic rings. The summed E-state index contributed by atoms with van der Waals surface area (Å²) in [7, 11) is 1.92. The quantitative estimate of drug-likeness (QED) is 0.716. The lowest BCUT2D eigenvalue weighted by Crippen LogP contribution is -2.41. The van der Waals surface area contributed by atoms with Crippen molar-refractivity contribution >= 4 is 11.8 Å². The molecule has 1 heterocycles. The van der Waals surface area contributed by atoms with Gasteiger partial charge in [-0.3, -0.25) is 19.5 Å². The summed E-state index contributed by atoms with van der Waals surface area (Å²) in [6.45, 7) is 3.49. The number of rotatable bonds is 8. The lowest BCUT2D eigenvalue weighted by molar-refractivity contribution is -0.126. The second kappa shape index (κ2) is 9.54. The van der Waals surface area contributed by atoms with E-state index in [0.29, 0.717) is 18.7 Å². The number of hydrogen-bond acceptors (Lipinski definition) is 4. The van der Waals surface area contributed by atoms with Gasteiger partial charge in [-0.1, -0.05) is 37.3 Å². The number of pyridine rings is 1. The Balaban J connectivity index is 1.86. The van der Waals surface area contributed by atoms with E-state index in [4.69, 9.17) is 0 Å². The van der Waals surface area contributed by atoms with E-state index in [0.717, 1.165) is 12.1 Å². The van der Waals surface area contributed by atoms with Crippen LogP contribution in [0.3, 0.4) is 0 Å². The van der Waals surface area contributed by atoms with E-state index < -0.39 is 0 Å². The van der Waals surface area contributed by atoms with Crippen LogP contribution in [0.2, 0.25) is 0 Å². The summed E-state index contributed by atoms with van der Waals surface area (Å²) in [6, 6.07) is 12.7. The van der Waals surface area contributed by atoms with Crippen molar-refractivity contribution in [1.82, 2.24) is 20.5 Å². The first-order valence-corrected chi connectivity index (χ1v) is 8.34. The van der Waals surface area contributed by atoms with Crippen LogP contribution in [0, 0.1) is 0 Å². The molecule has 0 saturated carbocycles. The fourth-order valence-electron chi connectivity index (χ4n) is 2.48. The van der Waals surface area contributed by atoms with Crippen molar-refractivity contribution in [2.24, 2.45) is 0 Å². The van der Waals surface area contributed by atoms with Gasteiger partial charge in [-0.25, -0.2) is 0 Å². The van der Waals surface area contributed by atoms with E-state index in [1.807, 2.05) is 49.2 Å². The Bertz CT molecular complexity index is 676. The number of aromatic nitrogens is 1. The maximum Gasteiger partial charge on any atom is 0.252 e. The summed E-state index contributed by atoms with van der Waals surface area (Å²) in [6.07, 6.45) is 3.13. The minimum Gasteiger partial charge on any atom is -0.353 e. The van der Waals surface area contributed by atoms with Crippen LogP contribution in [-0.2, 0) is 4.79 Å². The van der Waals surface area contributed by atoms with Gasteiger partial charge < -0.3 is 10.6 Å². The maximum absolute atomic E-state index is 12.6. The minimum absolute atomic E-state index is 0.0776. The van der Waals surface area contributed by atoms with Gasteiger partial charge in [0.05, 0.1) is 5.56 Å². The molecule has 0 aliphatic heterocycles. The molecule has 6 nitrogen and oxygen atoms in total. The third-order valence-electron chi connectivity index (χ3n) is 3.94. The van der Waals surface area contributed by atoms with Crippen LogP contribution in [0.1, 0.15) is 28.9 Å². The summed E-state index contributed by atoms with van der Waals surface area (Å²) >= 11 is 0. The zero-order chi connectivity index (χ0) is 18.1. The Kier molecular flexibility index (Phi) is 7.10. The van der Waals surface area contributed by atoms with Crippen molar-refractivity contribution < 1.29 is 9.59 Å². The first-order chi connectivity index (χ1) is 12.1. The number of nitrogens with zero attached hydrogens (tertiary/aromatic N) is 2. The van der Waals surface area contributed by atoms with Crippen molar-refractivity contribution in [3.63, 3.8) is 0 Å². The molecular weight excluding hydrogens is 316 g/mol. The molecular formula is C19H24N4O2. The third kappa shape index (κ3) is 5.39. The maximum atomic E-state index is 12.6. The van der Waals surface area contributed by atoms with E-state index in [1.54, 1.807) is 18.3 Å². The molecule has 1 aromatic carbocycles. The van der Waals surface area contributed by atoms with Gasteiger partial charge in [-0.05, 0) is 31.3 Å². The van der Waals surface area contributed by atoms with Gasteiger partial charge in [0.2, 0.25) is 5.91 Å². The normalized spacial score (nSPS) is 11.8. The molecule has 0 radical (unpaired) electrons. The molecule has 0 fully saturated rings. The molecule has 2 amide bonds. The van der Waals surface area contributed by atoms with Crippen molar-refractivity contribution in [1.29, 1.82) is 0 Å².